The fourth-order valence-electron chi connectivity index (χ4n) is 3.01. The van der Waals surface area contributed by atoms with Gasteiger partial charge in [0.15, 0.2) is 0 Å². The van der Waals surface area contributed by atoms with Crippen molar-refractivity contribution in [1.82, 2.24) is 5.01 Å². The van der Waals surface area contributed by atoms with E-state index in [2.05, 4.69) is 17.2 Å². The van der Waals surface area contributed by atoms with Gasteiger partial charge in [-0.1, -0.05) is 36.9 Å². The molecule has 3 aromatic carbocycles. The summed E-state index contributed by atoms with van der Waals surface area (Å²) in [5.41, 5.74) is 9.10. The van der Waals surface area contributed by atoms with E-state index in [1.54, 1.807) is 47.6 Å². The first-order valence-electron chi connectivity index (χ1n) is 9.66. The van der Waals surface area contributed by atoms with Crippen LogP contribution in [0.25, 0.3) is 12.8 Å². The average Bonchev–Trinajstić information content (AvgIpc) is 2.72. The number of hydrazine groups is 1. The summed E-state index contributed by atoms with van der Waals surface area (Å²) in [7, 11) is 0. The van der Waals surface area contributed by atoms with Crippen molar-refractivity contribution in [2.75, 3.05) is 16.4 Å². The number of benzene rings is 3. The number of nitrogens with two attached hydrogens (primary N) is 2. The summed E-state index contributed by atoms with van der Waals surface area (Å²) in [5, 5.41) is 8.65. The van der Waals surface area contributed by atoms with E-state index in [4.69, 9.17) is 11.6 Å². The van der Waals surface area contributed by atoms with Crippen LogP contribution in [0.3, 0.4) is 0 Å². The lowest BCUT2D eigenvalue weighted by Gasteiger charge is -2.14. The highest BCUT2D eigenvalue weighted by Gasteiger charge is 2.08. The van der Waals surface area contributed by atoms with Crippen molar-refractivity contribution in [2.45, 2.75) is 13.5 Å². The normalized spacial score (nSPS) is 11.1. The lowest BCUT2D eigenvalue weighted by molar-refractivity contribution is -0.114. The molecule has 3 rings (SSSR count). The molecule has 7 heteroatoms. The minimum absolute atomic E-state index is 0.138. The third-order valence-electron chi connectivity index (χ3n) is 4.56. The second kappa shape index (κ2) is 9.60. The summed E-state index contributed by atoms with van der Waals surface area (Å²) < 4.78 is 0. The Bertz CT molecular complexity index is 1210. The van der Waals surface area contributed by atoms with E-state index >= 15 is 0 Å². The molecule has 0 unspecified atom stereocenters. The van der Waals surface area contributed by atoms with Gasteiger partial charge in [-0.3, -0.25) is 9.59 Å². The van der Waals surface area contributed by atoms with Gasteiger partial charge in [0.05, 0.1) is 17.9 Å². The minimum Gasteiger partial charge on any atom is -0.397 e. The summed E-state index contributed by atoms with van der Waals surface area (Å²) in [6.45, 7) is 5.90. The Labute approximate surface area is 180 Å². The number of rotatable bonds is 6. The molecule has 31 heavy (non-hydrogen) atoms. The van der Waals surface area contributed by atoms with Crippen molar-refractivity contribution in [2.24, 2.45) is 5.84 Å². The summed E-state index contributed by atoms with van der Waals surface area (Å²) in [6, 6.07) is 19.7. The van der Waals surface area contributed by atoms with Crippen molar-refractivity contribution in [3.05, 3.63) is 88.3 Å². The number of amides is 2. The third-order valence-corrected chi connectivity index (χ3v) is 4.56. The third kappa shape index (κ3) is 5.94. The molecule has 0 bridgehead atoms. The molecule has 7 nitrogen and oxygen atoms in total. The van der Waals surface area contributed by atoms with Gasteiger partial charge >= 0.3 is 0 Å². The van der Waals surface area contributed by atoms with Crippen LogP contribution in [-0.2, 0) is 11.3 Å². The molecule has 0 aliphatic carbocycles. The maximum Gasteiger partial charge on any atom is 0.255 e. The van der Waals surface area contributed by atoms with Crippen molar-refractivity contribution in [3.8, 4) is 0 Å². The molecule has 158 valence electrons. The number of anilines is 3. The maximum atomic E-state index is 12.4. The lowest BCUT2D eigenvalue weighted by Crippen LogP contribution is -2.32. The van der Waals surface area contributed by atoms with E-state index in [-0.39, 0.29) is 11.8 Å². The zero-order chi connectivity index (χ0) is 22.4. The first-order chi connectivity index (χ1) is 14.8. The number of hydrogen-bond donors (Lipinski definition) is 4. The van der Waals surface area contributed by atoms with Crippen LogP contribution in [0.2, 0.25) is 0 Å². The van der Waals surface area contributed by atoms with E-state index in [9.17, 15) is 9.59 Å². The fraction of sp³-hybridized carbons (Fsp3) is 0.0833. The zero-order valence-electron chi connectivity index (χ0n) is 17.3. The molecular weight excluding hydrogens is 390 g/mol. The number of nitrogens with zero attached hydrogens (tertiary/aromatic N) is 1. The monoisotopic (exact) mass is 415 g/mol. The van der Waals surface area contributed by atoms with E-state index in [0.717, 1.165) is 16.0 Å². The summed E-state index contributed by atoms with van der Waals surface area (Å²) >= 11 is 0. The van der Waals surface area contributed by atoms with Crippen LogP contribution in [0.5, 0.6) is 0 Å². The first kappa shape index (κ1) is 21.6. The zero-order valence-corrected chi connectivity index (χ0v) is 17.3. The summed E-state index contributed by atoms with van der Waals surface area (Å²) in [4.78, 5) is 23.6. The first-order valence-corrected chi connectivity index (χ1v) is 9.66. The van der Waals surface area contributed by atoms with Crippen LogP contribution in [0.15, 0.2) is 66.7 Å². The molecule has 3 aromatic rings. The van der Waals surface area contributed by atoms with Crippen LogP contribution in [0.4, 0.5) is 17.1 Å². The maximum absolute atomic E-state index is 12.4. The fourth-order valence-corrected chi connectivity index (χ4v) is 3.01. The molecule has 0 fully saturated rings. The Morgan fingerprint density at radius 1 is 1.03 bits per heavy atom. The summed E-state index contributed by atoms with van der Waals surface area (Å²) in [5.74, 6) is 5.76. The Morgan fingerprint density at radius 2 is 1.74 bits per heavy atom. The Morgan fingerprint density at radius 3 is 2.39 bits per heavy atom. The highest BCUT2D eigenvalue weighted by Crippen LogP contribution is 2.18. The van der Waals surface area contributed by atoms with Gasteiger partial charge in [-0.15, -0.1) is 0 Å². The van der Waals surface area contributed by atoms with Crippen molar-refractivity contribution in [1.29, 1.82) is 0 Å². The molecule has 0 heterocycles. The highest BCUT2D eigenvalue weighted by molar-refractivity contribution is 6.05. The number of carbonyl (C=O) groups is 2. The Hall–Kier alpha value is -4.10. The minimum atomic E-state index is -0.235. The molecular formula is C24H25N5O2. The number of nitrogen functional groups attached to an aromatic ring is 1. The number of nitrogens with one attached hydrogen (secondary N) is 2. The number of carbonyl (C=O) groups excluding carboxylic acids is 2. The SMILES string of the molecule is C=c1cc(NC(C)=O)cc/c1=C/N(N)Cc1ccc(C(=O)Nc2ccccc2N)cc1. The molecule has 0 aliphatic rings. The van der Waals surface area contributed by atoms with Crippen molar-refractivity contribution >= 4 is 41.7 Å². The highest BCUT2D eigenvalue weighted by atomic mass is 16.2. The van der Waals surface area contributed by atoms with Crippen LogP contribution < -0.4 is 32.6 Å². The quantitative estimate of drug-likeness (QED) is 0.279. The van der Waals surface area contributed by atoms with Crippen LogP contribution in [0, 0.1) is 0 Å². The lowest BCUT2D eigenvalue weighted by atomic mass is 10.1. The van der Waals surface area contributed by atoms with Crippen LogP contribution in [0.1, 0.15) is 22.8 Å². The van der Waals surface area contributed by atoms with Gasteiger partial charge in [-0.2, -0.15) is 0 Å². The number of hydrogen-bond acceptors (Lipinski definition) is 5. The number of para-hydroxylation sites is 2. The van der Waals surface area contributed by atoms with Gasteiger partial charge in [-0.05, 0) is 52.4 Å². The molecule has 0 saturated carbocycles. The Kier molecular flexibility index (Phi) is 6.69. The molecule has 0 spiro atoms. The second-order valence-electron chi connectivity index (χ2n) is 7.13. The molecule has 0 radical (unpaired) electrons. The van der Waals surface area contributed by atoms with Crippen molar-refractivity contribution in [3.63, 3.8) is 0 Å². The molecule has 6 N–H and O–H groups in total. The van der Waals surface area contributed by atoms with Gasteiger partial charge in [-0.25, -0.2) is 5.84 Å². The smallest absolute Gasteiger partial charge is 0.255 e. The summed E-state index contributed by atoms with van der Waals surface area (Å²) in [6.07, 6.45) is 1.78. The molecule has 0 aromatic heterocycles. The van der Waals surface area contributed by atoms with Gasteiger partial charge < -0.3 is 21.4 Å². The topological polar surface area (TPSA) is 113 Å². The van der Waals surface area contributed by atoms with Crippen LogP contribution in [-0.4, -0.2) is 16.8 Å². The molecule has 0 atom stereocenters. The Balaban J connectivity index is 1.66. The van der Waals surface area contributed by atoms with E-state index in [1.165, 1.54) is 6.92 Å². The van der Waals surface area contributed by atoms with Gasteiger partial charge in [0.1, 0.15) is 0 Å². The molecule has 0 aliphatic heterocycles. The van der Waals surface area contributed by atoms with Gasteiger partial charge in [0.25, 0.3) is 5.91 Å². The largest absolute Gasteiger partial charge is 0.397 e. The second-order valence-corrected chi connectivity index (χ2v) is 7.13. The van der Waals surface area contributed by atoms with Gasteiger partial charge in [0.2, 0.25) is 5.91 Å². The molecule has 2 amide bonds. The van der Waals surface area contributed by atoms with Crippen LogP contribution >= 0.6 is 0 Å². The van der Waals surface area contributed by atoms with Gasteiger partial charge in [0, 0.05) is 24.4 Å². The van der Waals surface area contributed by atoms with Crippen molar-refractivity contribution < 1.29 is 9.59 Å². The average molecular weight is 415 g/mol. The predicted molar refractivity (Wildman–Crippen MR) is 125 cm³/mol. The molecule has 0 saturated heterocycles. The van der Waals surface area contributed by atoms with E-state index in [0.29, 0.717) is 29.2 Å². The van der Waals surface area contributed by atoms with E-state index < -0.39 is 0 Å². The predicted octanol–water partition coefficient (Wildman–Crippen LogP) is 2.00. The standard InChI is InChI=1S/C24H25N5O2/c1-16-13-21(27-17(2)30)12-11-20(16)15-29(26)14-18-7-9-19(10-8-18)24(31)28-23-6-4-3-5-22(23)25/h3-13,15H,1,14,25-26H2,2H3,(H,27,30)(H,28,31)/b20-15-. The van der Waals surface area contributed by atoms with E-state index in [1.807, 2.05) is 30.3 Å².